The molecule has 0 aromatic heterocycles. The molecule has 0 fully saturated rings. The lowest BCUT2D eigenvalue weighted by Gasteiger charge is -2.18. The summed E-state index contributed by atoms with van der Waals surface area (Å²) in [5.74, 6) is 0.516. The number of methoxy groups -OCH3 is 1. The Kier molecular flexibility index (Phi) is 4.26. The van der Waals surface area contributed by atoms with Gasteiger partial charge in [-0.3, -0.25) is 0 Å². The second-order valence-corrected chi connectivity index (χ2v) is 4.46. The van der Waals surface area contributed by atoms with Gasteiger partial charge in [0.05, 0.1) is 18.5 Å². The number of rotatable bonds is 4. The van der Waals surface area contributed by atoms with Crippen molar-refractivity contribution in [2.45, 2.75) is 18.3 Å². The third-order valence-corrected chi connectivity index (χ3v) is 3.11. The SMILES string of the molecule is COc1ccccc1[C@@H](O)[C@@H](C)S(=O)O. The lowest BCUT2D eigenvalue weighted by atomic mass is 10.1. The van der Waals surface area contributed by atoms with Gasteiger partial charge in [0, 0.05) is 5.56 Å². The van der Waals surface area contributed by atoms with E-state index in [4.69, 9.17) is 9.29 Å². The van der Waals surface area contributed by atoms with Gasteiger partial charge in [-0.15, -0.1) is 0 Å². The molecule has 0 spiro atoms. The van der Waals surface area contributed by atoms with Crippen molar-refractivity contribution in [3.05, 3.63) is 29.8 Å². The Balaban J connectivity index is 2.99. The molecule has 84 valence electrons. The second kappa shape index (κ2) is 5.25. The van der Waals surface area contributed by atoms with Gasteiger partial charge >= 0.3 is 0 Å². The molecule has 1 unspecified atom stereocenters. The first-order chi connectivity index (χ1) is 7.07. The van der Waals surface area contributed by atoms with E-state index in [0.717, 1.165) is 0 Å². The maximum absolute atomic E-state index is 10.8. The van der Waals surface area contributed by atoms with E-state index in [2.05, 4.69) is 0 Å². The molecule has 0 aliphatic rings. The molecule has 2 N–H and O–H groups in total. The van der Waals surface area contributed by atoms with Crippen LogP contribution in [-0.4, -0.2) is 26.2 Å². The summed E-state index contributed by atoms with van der Waals surface area (Å²) in [5, 5.41) is 9.09. The van der Waals surface area contributed by atoms with Crippen LogP contribution in [0.4, 0.5) is 0 Å². The molecule has 0 saturated carbocycles. The first kappa shape index (κ1) is 12.2. The smallest absolute Gasteiger partial charge is 0.158 e. The Hall–Kier alpha value is -0.910. The van der Waals surface area contributed by atoms with Crippen molar-refractivity contribution in [2.24, 2.45) is 0 Å². The summed E-state index contributed by atoms with van der Waals surface area (Å²) >= 11 is -2.06. The van der Waals surface area contributed by atoms with Crippen molar-refractivity contribution in [1.29, 1.82) is 0 Å². The van der Waals surface area contributed by atoms with E-state index in [1.165, 1.54) is 14.0 Å². The Bertz CT molecular complexity index is 353. The van der Waals surface area contributed by atoms with E-state index < -0.39 is 22.4 Å². The van der Waals surface area contributed by atoms with Gasteiger partial charge in [-0.2, -0.15) is 0 Å². The van der Waals surface area contributed by atoms with Crippen LogP contribution < -0.4 is 4.74 Å². The maximum atomic E-state index is 10.8. The van der Waals surface area contributed by atoms with E-state index in [-0.39, 0.29) is 0 Å². The van der Waals surface area contributed by atoms with Crippen LogP contribution in [0.1, 0.15) is 18.6 Å². The number of aliphatic hydroxyl groups excluding tert-OH is 1. The van der Waals surface area contributed by atoms with Gasteiger partial charge in [0.25, 0.3) is 0 Å². The summed E-state index contributed by atoms with van der Waals surface area (Å²) in [6.45, 7) is 1.51. The molecule has 0 aliphatic heterocycles. The van der Waals surface area contributed by atoms with Gasteiger partial charge in [-0.1, -0.05) is 18.2 Å². The number of ether oxygens (including phenoxy) is 1. The first-order valence-electron chi connectivity index (χ1n) is 4.48. The quantitative estimate of drug-likeness (QED) is 0.766. The molecule has 4 nitrogen and oxygen atoms in total. The Labute approximate surface area is 91.2 Å². The molecule has 1 aromatic carbocycles. The van der Waals surface area contributed by atoms with Gasteiger partial charge in [0.15, 0.2) is 11.1 Å². The molecule has 0 amide bonds. The van der Waals surface area contributed by atoms with Crippen LogP contribution in [0.2, 0.25) is 0 Å². The monoisotopic (exact) mass is 230 g/mol. The van der Waals surface area contributed by atoms with Gasteiger partial charge in [-0.05, 0) is 13.0 Å². The summed E-state index contributed by atoms with van der Waals surface area (Å²) in [7, 11) is 1.49. The summed E-state index contributed by atoms with van der Waals surface area (Å²) in [5.41, 5.74) is 0.523. The predicted molar refractivity (Wildman–Crippen MR) is 58.2 cm³/mol. The molecule has 0 radical (unpaired) electrons. The predicted octanol–water partition coefficient (Wildman–Crippen LogP) is 1.34. The normalized spacial score (nSPS) is 16.8. The molecule has 0 saturated heterocycles. The van der Waals surface area contributed by atoms with E-state index in [0.29, 0.717) is 11.3 Å². The fourth-order valence-electron chi connectivity index (χ4n) is 1.27. The van der Waals surface area contributed by atoms with Crippen molar-refractivity contribution in [1.82, 2.24) is 0 Å². The average Bonchev–Trinajstić information content (AvgIpc) is 2.26. The zero-order valence-electron chi connectivity index (χ0n) is 8.58. The van der Waals surface area contributed by atoms with E-state index >= 15 is 0 Å². The van der Waals surface area contributed by atoms with Gasteiger partial charge in [-0.25, -0.2) is 4.21 Å². The summed E-state index contributed by atoms with van der Waals surface area (Å²) < 4.78 is 24.8. The number of benzene rings is 1. The molecule has 15 heavy (non-hydrogen) atoms. The second-order valence-electron chi connectivity index (χ2n) is 3.17. The summed E-state index contributed by atoms with van der Waals surface area (Å²) in [6, 6.07) is 6.89. The van der Waals surface area contributed by atoms with Gasteiger partial charge in [0.2, 0.25) is 0 Å². The minimum atomic E-state index is -2.06. The number of hydrogen-bond donors (Lipinski definition) is 2. The lowest BCUT2D eigenvalue weighted by Crippen LogP contribution is -2.20. The molecular weight excluding hydrogens is 216 g/mol. The minimum Gasteiger partial charge on any atom is -0.496 e. The van der Waals surface area contributed by atoms with Gasteiger partial charge < -0.3 is 14.4 Å². The molecule has 5 heteroatoms. The highest BCUT2D eigenvalue weighted by Gasteiger charge is 2.23. The zero-order valence-corrected chi connectivity index (χ0v) is 9.40. The van der Waals surface area contributed by atoms with Crippen LogP contribution in [0.25, 0.3) is 0 Å². The molecule has 3 atom stereocenters. The topological polar surface area (TPSA) is 66.8 Å². The number of aliphatic hydroxyl groups is 1. The van der Waals surface area contributed by atoms with Crippen molar-refractivity contribution in [3.8, 4) is 5.75 Å². The molecule has 1 aromatic rings. The van der Waals surface area contributed by atoms with Crippen LogP contribution in [0, 0.1) is 0 Å². The Morgan fingerprint density at radius 3 is 2.53 bits per heavy atom. The largest absolute Gasteiger partial charge is 0.496 e. The van der Waals surface area contributed by atoms with Crippen molar-refractivity contribution < 1.29 is 18.6 Å². The van der Waals surface area contributed by atoms with Crippen LogP contribution in [0.3, 0.4) is 0 Å². The minimum absolute atomic E-state index is 0.516. The van der Waals surface area contributed by atoms with Crippen molar-refractivity contribution in [3.63, 3.8) is 0 Å². The third-order valence-electron chi connectivity index (χ3n) is 2.22. The highest BCUT2D eigenvalue weighted by atomic mass is 32.2. The van der Waals surface area contributed by atoms with Crippen LogP contribution >= 0.6 is 0 Å². The number of hydrogen-bond acceptors (Lipinski definition) is 3. The van der Waals surface area contributed by atoms with Gasteiger partial charge in [0.1, 0.15) is 5.75 Å². The van der Waals surface area contributed by atoms with Crippen LogP contribution in [0.15, 0.2) is 24.3 Å². The van der Waals surface area contributed by atoms with Crippen molar-refractivity contribution >= 4 is 11.1 Å². The Morgan fingerprint density at radius 1 is 1.40 bits per heavy atom. The first-order valence-corrected chi connectivity index (χ1v) is 5.65. The summed E-state index contributed by atoms with van der Waals surface area (Å²) in [4.78, 5) is 0. The average molecular weight is 230 g/mol. The van der Waals surface area contributed by atoms with E-state index in [1.54, 1.807) is 24.3 Å². The third kappa shape index (κ3) is 2.77. The van der Waals surface area contributed by atoms with E-state index in [1.807, 2.05) is 0 Å². The molecule has 1 rings (SSSR count). The lowest BCUT2D eigenvalue weighted by molar-refractivity contribution is 0.171. The molecule has 0 heterocycles. The van der Waals surface area contributed by atoms with Crippen molar-refractivity contribution in [2.75, 3.05) is 7.11 Å². The maximum Gasteiger partial charge on any atom is 0.158 e. The van der Waals surface area contributed by atoms with E-state index in [9.17, 15) is 9.32 Å². The fourth-order valence-corrected chi connectivity index (χ4v) is 1.64. The fraction of sp³-hybridized carbons (Fsp3) is 0.400. The highest BCUT2D eigenvalue weighted by molar-refractivity contribution is 7.79. The van der Waals surface area contributed by atoms with Crippen LogP contribution in [0.5, 0.6) is 5.75 Å². The molecule has 0 bridgehead atoms. The highest BCUT2D eigenvalue weighted by Crippen LogP contribution is 2.28. The number of para-hydroxylation sites is 1. The zero-order chi connectivity index (χ0) is 11.4. The van der Waals surface area contributed by atoms with Crippen LogP contribution in [-0.2, 0) is 11.1 Å². The molecular formula is C10H14O4S. The Morgan fingerprint density at radius 2 is 2.00 bits per heavy atom. The summed E-state index contributed by atoms with van der Waals surface area (Å²) in [6.07, 6.45) is -1.01. The molecule has 0 aliphatic carbocycles. The standard InChI is InChI=1S/C10H14O4S/c1-7(15(12)13)10(11)8-5-3-4-6-9(8)14-2/h3-7,10-11H,1-2H3,(H,12,13)/t7-,10+/m1/s1.